The molecular weight excluding hydrogens is 226 g/mol. The van der Waals surface area contributed by atoms with Crippen LogP contribution in [0.5, 0.6) is 0 Å². The predicted molar refractivity (Wildman–Crippen MR) is 69.5 cm³/mol. The molecule has 0 radical (unpaired) electrons. The van der Waals surface area contributed by atoms with Crippen molar-refractivity contribution in [3.63, 3.8) is 0 Å². The maximum absolute atomic E-state index is 10.9. The van der Waals surface area contributed by atoms with E-state index in [2.05, 4.69) is 11.0 Å². The zero-order chi connectivity index (χ0) is 12.5. The molecule has 0 bridgehead atoms. The SMILES string of the molecule is O=C(O)Cc1cccc2c1CCN(CC1CC1)C2. The van der Waals surface area contributed by atoms with E-state index in [-0.39, 0.29) is 6.42 Å². The van der Waals surface area contributed by atoms with Crippen molar-refractivity contribution in [2.75, 3.05) is 13.1 Å². The third-order valence-corrected chi connectivity index (χ3v) is 4.00. The maximum Gasteiger partial charge on any atom is 0.307 e. The Bertz CT molecular complexity index is 466. The van der Waals surface area contributed by atoms with Crippen LogP contribution < -0.4 is 0 Å². The van der Waals surface area contributed by atoms with Gasteiger partial charge in [0.15, 0.2) is 0 Å². The number of benzene rings is 1. The predicted octanol–water partition coefficient (Wildman–Crippen LogP) is 2.08. The molecule has 1 aliphatic heterocycles. The summed E-state index contributed by atoms with van der Waals surface area (Å²) in [4.78, 5) is 13.4. The molecule has 0 spiro atoms. The van der Waals surface area contributed by atoms with E-state index in [0.29, 0.717) is 0 Å². The van der Waals surface area contributed by atoms with Crippen LogP contribution in [0.25, 0.3) is 0 Å². The molecule has 3 rings (SSSR count). The summed E-state index contributed by atoms with van der Waals surface area (Å²) >= 11 is 0. The van der Waals surface area contributed by atoms with Gasteiger partial charge in [0.25, 0.3) is 0 Å². The number of carboxylic acid groups (broad SMARTS) is 1. The van der Waals surface area contributed by atoms with Crippen molar-refractivity contribution in [3.8, 4) is 0 Å². The molecule has 0 aromatic heterocycles. The summed E-state index contributed by atoms with van der Waals surface area (Å²) in [5.74, 6) is 0.192. The van der Waals surface area contributed by atoms with Gasteiger partial charge in [0, 0.05) is 19.6 Å². The number of fused-ring (bicyclic) bond motifs is 1. The molecule has 0 unspecified atom stereocenters. The topological polar surface area (TPSA) is 40.5 Å². The van der Waals surface area contributed by atoms with Gasteiger partial charge in [-0.05, 0) is 41.9 Å². The number of nitrogens with zero attached hydrogens (tertiary/aromatic N) is 1. The average Bonchev–Trinajstić information content (AvgIpc) is 3.12. The summed E-state index contributed by atoms with van der Waals surface area (Å²) in [6.45, 7) is 3.31. The lowest BCUT2D eigenvalue weighted by molar-refractivity contribution is -0.136. The van der Waals surface area contributed by atoms with Crippen LogP contribution >= 0.6 is 0 Å². The minimum atomic E-state index is -0.733. The van der Waals surface area contributed by atoms with E-state index in [9.17, 15) is 4.79 Å². The van der Waals surface area contributed by atoms with E-state index < -0.39 is 5.97 Å². The Balaban J connectivity index is 1.76. The van der Waals surface area contributed by atoms with Crippen molar-refractivity contribution < 1.29 is 9.90 Å². The van der Waals surface area contributed by atoms with Crippen LogP contribution in [-0.2, 0) is 24.2 Å². The summed E-state index contributed by atoms with van der Waals surface area (Å²) < 4.78 is 0. The quantitative estimate of drug-likeness (QED) is 0.883. The monoisotopic (exact) mass is 245 g/mol. The second-order valence-corrected chi connectivity index (χ2v) is 5.55. The number of carbonyl (C=O) groups is 1. The highest BCUT2D eigenvalue weighted by molar-refractivity contribution is 5.71. The first-order valence-corrected chi connectivity index (χ1v) is 6.76. The summed E-state index contributed by atoms with van der Waals surface area (Å²) in [6.07, 6.45) is 3.95. The first kappa shape index (κ1) is 11.7. The minimum absolute atomic E-state index is 0.159. The molecule has 18 heavy (non-hydrogen) atoms. The average molecular weight is 245 g/mol. The fourth-order valence-corrected chi connectivity index (χ4v) is 2.90. The molecule has 1 fully saturated rings. The minimum Gasteiger partial charge on any atom is -0.481 e. The normalized spacial score (nSPS) is 19.6. The fraction of sp³-hybridized carbons (Fsp3) is 0.533. The van der Waals surface area contributed by atoms with Gasteiger partial charge in [0.2, 0.25) is 0 Å². The van der Waals surface area contributed by atoms with Crippen molar-refractivity contribution in [1.29, 1.82) is 0 Å². The van der Waals surface area contributed by atoms with Gasteiger partial charge < -0.3 is 5.11 Å². The molecule has 1 heterocycles. The molecule has 3 heteroatoms. The van der Waals surface area contributed by atoms with Crippen LogP contribution in [0.3, 0.4) is 0 Å². The third kappa shape index (κ3) is 2.56. The van der Waals surface area contributed by atoms with Crippen molar-refractivity contribution in [3.05, 3.63) is 34.9 Å². The fourth-order valence-electron chi connectivity index (χ4n) is 2.90. The molecule has 0 saturated heterocycles. The van der Waals surface area contributed by atoms with Crippen LogP contribution in [0.1, 0.15) is 29.5 Å². The van der Waals surface area contributed by atoms with E-state index in [1.807, 2.05) is 12.1 Å². The second kappa shape index (κ2) is 4.73. The van der Waals surface area contributed by atoms with Crippen LogP contribution in [0.4, 0.5) is 0 Å². The molecule has 1 saturated carbocycles. The molecular formula is C15H19NO2. The number of aliphatic carboxylic acids is 1. The van der Waals surface area contributed by atoms with E-state index in [1.54, 1.807) is 0 Å². The van der Waals surface area contributed by atoms with E-state index in [0.717, 1.165) is 31.0 Å². The van der Waals surface area contributed by atoms with Gasteiger partial charge in [-0.2, -0.15) is 0 Å². The van der Waals surface area contributed by atoms with Crippen LogP contribution in [-0.4, -0.2) is 29.1 Å². The van der Waals surface area contributed by atoms with E-state index in [1.165, 1.54) is 30.5 Å². The molecule has 1 aromatic rings. The van der Waals surface area contributed by atoms with Gasteiger partial charge in [-0.25, -0.2) is 0 Å². The van der Waals surface area contributed by atoms with E-state index in [4.69, 9.17) is 5.11 Å². The summed E-state index contributed by atoms with van der Waals surface area (Å²) in [5, 5.41) is 8.94. The second-order valence-electron chi connectivity index (χ2n) is 5.55. The zero-order valence-electron chi connectivity index (χ0n) is 10.6. The number of carboxylic acids is 1. The zero-order valence-corrected chi connectivity index (χ0v) is 10.6. The highest BCUT2D eigenvalue weighted by Crippen LogP contribution is 2.32. The smallest absolute Gasteiger partial charge is 0.307 e. The van der Waals surface area contributed by atoms with Gasteiger partial charge in [0.1, 0.15) is 0 Å². The van der Waals surface area contributed by atoms with Gasteiger partial charge in [-0.1, -0.05) is 18.2 Å². The lowest BCUT2D eigenvalue weighted by Crippen LogP contribution is -2.32. The molecule has 1 aromatic carbocycles. The Kier molecular flexibility index (Phi) is 3.08. The van der Waals surface area contributed by atoms with Crippen molar-refractivity contribution in [1.82, 2.24) is 4.90 Å². The molecule has 1 N–H and O–H groups in total. The Morgan fingerprint density at radius 2 is 2.22 bits per heavy atom. The first-order valence-electron chi connectivity index (χ1n) is 6.76. The van der Waals surface area contributed by atoms with Crippen LogP contribution in [0, 0.1) is 5.92 Å². The largest absolute Gasteiger partial charge is 0.481 e. The molecule has 3 nitrogen and oxygen atoms in total. The number of hydrogen-bond acceptors (Lipinski definition) is 2. The molecule has 0 atom stereocenters. The highest BCUT2D eigenvalue weighted by atomic mass is 16.4. The molecule has 0 amide bonds. The molecule has 2 aliphatic rings. The Morgan fingerprint density at radius 3 is 2.94 bits per heavy atom. The molecule has 1 aliphatic carbocycles. The Labute approximate surface area is 107 Å². The van der Waals surface area contributed by atoms with E-state index >= 15 is 0 Å². The van der Waals surface area contributed by atoms with Crippen molar-refractivity contribution >= 4 is 5.97 Å². The van der Waals surface area contributed by atoms with Gasteiger partial charge in [-0.15, -0.1) is 0 Å². The summed E-state index contributed by atoms with van der Waals surface area (Å²) in [6, 6.07) is 6.11. The summed E-state index contributed by atoms with van der Waals surface area (Å²) in [5.41, 5.74) is 3.62. The Hall–Kier alpha value is -1.35. The van der Waals surface area contributed by atoms with Crippen molar-refractivity contribution in [2.45, 2.75) is 32.2 Å². The molecule has 96 valence electrons. The first-order chi connectivity index (χ1) is 8.72. The van der Waals surface area contributed by atoms with Gasteiger partial charge in [-0.3, -0.25) is 9.69 Å². The van der Waals surface area contributed by atoms with Crippen LogP contribution in [0.2, 0.25) is 0 Å². The number of rotatable bonds is 4. The number of hydrogen-bond donors (Lipinski definition) is 1. The summed E-state index contributed by atoms with van der Waals surface area (Å²) in [7, 11) is 0. The maximum atomic E-state index is 10.9. The standard InChI is InChI=1S/C15H19NO2/c17-15(18)8-12-2-1-3-13-10-16(7-6-14(12)13)9-11-4-5-11/h1-3,11H,4-10H2,(H,17,18). The van der Waals surface area contributed by atoms with Crippen LogP contribution in [0.15, 0.2) is 18.2 Å². The van der Waals surface area contributed by atoms with Crippen molar-refractivity contribution in [2.24, 2.45) is 5.92 Å². The third-order valence-electron chi connectivity index (χ3n) is 4.00. The lowest BCUT2D eigenvalue weighted by Gasteiger charge is -2.30. The Morgan fingerprint density at radius 1 is 1.39 bits per heavy atom. The van der Waals surface area contributed by atoms with Gasteiger partial charge in [0.05, 0.1) is 6.42 Å². The highest BCUT2D eigenvalue weighted by Gasteiger charge is 2.26. The van der Waals surface area contributed by atoms with Gasteiger partial charge >= 0.3 is 5.97 Å². The lowest BCUT2D eigenvalue weighted by atomic mass is 9.93.